The van der Waals surface area contributed by atoms with E-state index in [0.717, 1.165) is 4.47 Å². The monoisotopic (exact) mass is 401 g/mol. The largest absolute Gasteiger partial charge is 0.502 e. The fourth-order valence-electron chi connectivity index (χ4n) is 2.38. The van der Waals surface area contributed by atoms with Crippen LogP contribution in [0.5, 0.6) is 5.75 Å². The molecule has 0 unspecified atom stereocenters. The lowest BCUT2D eigenvalue weighted by Crippen LogP contribution is -2.21. The zero-order valence-electron chi connectivity index (χ0n) is 13.0. The van der Waals surface area contributed by atoms with Gasteiger partial charge in [0.15, 0.2) is 5.75 Å². The molecule has 1 aliphatic heterocycles. The molecule has 7 nitrogen and oxygen atoms in total. The van der Waals surface area contributed by atoms with Crippen molar-refractivity contribution in [2.24, 2.45) is 5.10 Å². The number of nitro groups is 1. The summed E-state index contributed by atoms with van der Waals surface area (Å²) >= 11 is 3.34. The average Bonchev–Trinajstić information content (AvgIpc) is 2.85. The van der Waals surface area contributed by atoms with E-state index in [4.69, 9.17) is 0 Å². The predicted octanol–water partition coefficient (Wildman–Crippen LogP) is 3.87. The van der Waals surface area contributed by atoms with E-state index in [-0.39, 0.29) is 5.91 Å². The molecule has 25 heavy (non-hydrogen) atoms. The van der Waals surface area contributed by atoms with Crippen LogP contribution in [0.25, 0.3) is 6.08 Å². The summed E-state index contributed by atoms with van der Waals surface area (Å²) in [5.74, 6) is -0.748. The summed E-state index contributed by atoms with van der Waals surface area (Å²) in [7, 11) is 0. The van der Waals surface area contributed by atoms with Gasteiger partial charge in [-0.3, -0.25) is 14.9 Å². The fraction of sp³-hybridized carbons (Fsp3) is 0.0588. The first-order valence-electron chi connectivity index (χ1n) is 7.21. The number of aromatic hydroxyl groups is 1. The van der Waals surface area contributed by atoms with Crippen LogP contribution >= 0.6 is 15.9 Å². The van der Waals surface area contributed by atoms with Crippen LogP contribution in [0.1, 0.15) is 12.5 Å². The van der Waals surface area contributed by atoms with Gasteiger partial charge in [-0.15, -0.1) is 0 Å². The minimum absolute atomic E-state index is 0.324. The molecule has 1 aliphatic rings. The Morgan fingerprint density at radius 3 is 2.56 bits per heavy atom. The highest BCUT2D eigenvalue weighted by Crippen LogP contribution is 2.29. The van der Waals surface area contributed by atoms with Crippen molar-refractivity contribution in [3.63, 3.8) is 0 Å². The molecule has 0 atom stereocenters. The van der Waals surface area contributed by atoms with Crippen LogP contribution in [-0.2, 0) is 4.79 Å². The molecule has 0 aliphatic carbocycles. The van der Waals surface area contributed by atoms with Gasteiger partial charge in [0.2, 0.25) is 0 Å². The number of hydrogen-bond donors (Lipinski definition) is 1. The molecule has 126 valence electrons. The maximum atomic E-state index is 12.6. The highest BCUT2D eigenvalue weighted by Gasteiger charge is 2.28. The van der Waals surface area contributed by atoms with E-state index < -0.39 is 16.4 Å². The van der Waals surface area contributed by atoms with E-state index in [1.165, 1.54) is 29.3 Å². The van der Waals surface area contributed by atoms with Gasteiger partial charge in [0.1, 0.15) is 0 Å². The average molecular weight is 402 g/mol. The Balaban J connectivity index is 1.96. The summed E-state index contributed by atoms with van der Waals surface area (Å²) in [5.41, 5.74) is 1.47. The third-order valence-corrected chi connectivity index (χ3v) is 4.17. The number of rotatable bonds is 3. The van der Waals surface area contributed by atoms with Crippen LogP contribution in [0.4, 0.5) is 11.4 Å². The predicted molar refractivity (Wildman–Crippen MR) is 97.5 cm³/mol. The van der Waals surface area contributed by atoms with Crippen LogP contribution in [0.3, 0.4) is 0 Å². The van der Waals surface area contributed by atoms with Crippen molar-refractivity contribution in [2.45, 2.75) is 6.92 Å². The van der Waals surface area contributed by atoms with E-state index >= 15 is 0 Å². The third kappa shape index (κ3) is 3.29. The van der Waals surface area contributed by atoms with E-state index in [9.17, 15) is 20.0 Å². The van der Waals surface area contributed by atoms with E-state index in [1.54, 1.807) is 31.2 Å². The molecule has 1 N–H and O–H groups in total. The maximum absolute atomic E-state index is 12.6. The second kappa shape index (κ2) is 6.48. The number of hydrazone groups is 1. The minimum Gasteiger partial charge on any atom is -0.502 e. The number of hydrogen-bond acceptors (Lipinski definition) is 5. The second-order valence-corrected chi connectivity index (χ2v) is 6.26. The molecule has 1 heterocycles. The lowest BCUT2D eigenvalue weighted by Gasteiger charge is -2.11. The SMILES string of the molecule is CC1=NN(c2ccc(Br)cc2)C(=O)/C1=C/c1ccc(O)c([N+](=O)[O-])c1. The normalized spacial score (nSPS) is 15.6. The van der Waals surface area contributed by atoms with Crippen LogP contribution in [0, 0.1) is 10.1 Å². The van der Waals surface area contributed by atoms with Crippen LogP contribution in [0.15, 0.2) is 57.6 Å². The van der Waals surface area contributed by atoms with Crippen LogP contribution in [-0.4, -0.2) is 21.6 Å². The van der Waals surface area contributed by atoms with Crippen LogP contribution < -0.4 is 5.01 Å². The molecule has 0 saturated heterocycles. The van der Waals surface area contributed by atoms with Gasteiger partial charge in [0.25, 0.3) is 5.91 Å². The molecule has 0 radical (unpaired) electrons. The number of carbonyl (C=O) groups excluding carboxylic acids is 1. The molecule has 2 aromatic rings. The third-order valence-electron chi connectivity index (χ3n) is 3.64. The summed E-state index contributed by atoms with van der Waals surface area (Å²) in [6.07, 6.45) is 1.52. The highest BCUT2D eigenvalue weighted by molar-refractivity contribution is 9.10. The number of halogens is 1. The van der Waals surface area contributed by atoms with Gasteiger partial charge >= 0.3 is 5.69 Å². The molecule has 0 saturated carbocycles. The molecule has 3 rings (SSSR count). The lowest BCUT2D eigenvalue weighted by atomic mass is 10.1. The van der Waals surface area contributed by atoms with Crippen molar-refractivity contribution in [2.75, 3.05) is 5.01 Å². The molecule has 8 heteroatoms. The maximum Gasteiger partial charge on any atom is 0.311 e. The number of anilines is 1. The molecule has 1 amide bonds. The van der Waals surface area contributed by atoms with Gasteiger partial charge in [-0.2, -0.15) is 10.1 Å². The fourth-order valence-corrected chi connectivity index (χ4v) is 2.65. The van der Waals surface area contributed by atoms with Crippen molar-refractivity contribution >= 4 is 45.0 Å². The summed E-state index contributed by atoms with van der Waals surface area (Å²) in [4.78, 5) is 22.9. The van der Waals surface area contributed by atoms with Gasteiger partial charge in [-0.1, -0.05) is 22.0 Å². The molecule has 0 aromatic heterocycles. The molecule has 0 bridgehead atoms. The smallest absolute Gasteiger partial charge is 0.311 e. The van der Waals surface area contributed by atoms with E-state index in [1.807, 2.05) is 0 Å². The number of phenols is 1. The first kappa shape index (κ1) is 16.8. The number of phenolic OH excluding ortho intramolecular Hbond substituents is 1. The number of carbonyl (C=O) groups is 1. The summed E-state index contributed by atoms with van der Waals surface area (Å²) in [6, 6.07) is 11.1. The topological polar surface area (TPSA) is 96.0 Å². The number of amides is 1. The molecule has 0 spiro atoms. The van der Waals surface area contributed by atoms with E-state index in [2.05, 4.69) is 21.0 Å². The molecule has 0 fully saturated rings. The summed E-state index contributed by atoms with van der Waals surface area (Å²) in [6.45, 7) is 1.69. The first-order valence-corrected chi connectivity index (χ1v) is 8.01. The van der Waals surface area contributed by atoms with Crippen molar-refractivity contribution < 1.29 is 14.8 Å². The van der Waals surface area contributed by atoms with Crippen molar-refractivity contribution in [3.8, 4) is 5.75 Å². The Morgan fingerprint density at radius 1 is 1.24 bits per heavy atom. The Kier molecular flexibility index (Phi) is 4.37. The zero-order valence-corrected chi connectivity index (χ0v) is 14.6. The van der Waals surface area contributed by atoms with Crippen molar-refractivity contribution in [1.82, 2.24) is 0 Å². The Morgan fingerprint density at radius 2 is 1.92 bits per heavy atom. The van der Waals surface area contributed by atoms with Crippen molar-refractivity contribution in [1.29, 1.82) is 0 Å². The standard InChI is InChI=1S/C17H12BrN3O4/c1-10-14(8-11-2-7-16(22)15(9-11)21(24)25)17(23)20(19-10)13-5-3-12(18)4-6-13/h2-9,22H,1H3/b14-8+. The van der Waals surface area contributed by atoms with Gasteiger partial charge in [0.05, 0.1) is 21.9 Å². The quantitative estimate of drug-likeness (QED) is 0.479. The lowest BCUT2D eigenvalue weighted by molar-refractivity contribution is -0.385. The minimum atomic E-state index is -0.678. The first-order chi connectivity index (χ1) is 11.9. The summed E-state index contributed by atoms with van der Waals surface area (Å²) in [5, 5.41) is 26.0. The van der Waals surface area contributed by atoms with Crippen molar-refractivity contribution in [3.05, 3.63) is 68.2 Å². The van der Waals surface area contributed by atoms with Gasteiger partial charge in [-0.05, 0) is 48.9 Å². The number of benzene rings is 2. The molecular weight excluding hydrogens is 390 g/mol. The van der Waals surface area contributed by atoms with E-state index in [0.29, 0.717) is 22.5 Å². The van der Waals surface area contributed by atoms with Gasteiger partial charge < -0.3 is 5.11 Å². The van der Waals surface area contributed by atoms with Crippen LogP contribution in [0.2, 0.25) is 0 Å². The number of nitrogens with zero attached hydrogens (tertiary/aromatic N) is 3. The molecular formula is C17H12BrN3O4. The highest BCUT2D eigenvalue weighted by atomic mass is 79.9. The Bertz CT molecular complexity index is 935. The number of nitro benzene ring substituents is 1. The Labute approximate surface area is 151 Å². The second-order valence-electron chi connectivity index (χ2n) is 5.34. The van der Waals surface area contributed by atoms with Gasteiger partial charge in [0, 0.05) is 10.5 Å². The molecule has 2 aromatic carbocycles. The van der Waals surface area contributed by atoms with Gasteiger partial charge in [-0.25, -0.2) is 0 Å². The Hall–Kier alpha value is -3.00. The zero-order chi connectivity index (χ0) is 18.1. The summed E-state index contributed by atoms with van der Waals surface area (Å²) < 4.78 is 0.885.